The van der Waals surface area contributed by atoms with Gasteiger partial charge in [0.1, 0.15) is 11.5 Å². The number of carboxylic acids is 1. The molecular formula is C22H28O8S2. The minimum atomic E-state index is -3.93. The Morgan fingerprint density at radius 2 is 1.28 bits per heavy atom. The smallest absolute Gasteiger partial charge is 0.310 e. The Bertz CT molecular complexity index is 1120. The van der Waals surface area contributed by atoms with E-state index in [0.29, 0.717) is 11.5 Å². The van der Waals surface area contributed by atoms with Crippen LogP contribution < -0.4 is 9.47 Å². The summed E-state index contributed by atoms with van der Waals surface area (Å²) in [6.45, 7) is 1.59. The van der Waals surface area contributed by atoms with Gasteiger partial charge in [-0.3, -0.25) is 4.79 Å². The molecule has 0 amide bonds. The van der Waals surface area contributed by atoms with E-state index in [9.17, 15) is 26.7 Å². The molecule has 0 radical (unpaired) electrons. The van der Waals surface area contributed by atoms with Gasteiger partial charge in [-0.1, -0.05) is 6.92 Å². The standard InChI is InChI=1S/C22H28O8S2/c1-4-22(21(23)24,16-32(27,28)20-12-8-18(30-3)9-13-20)14-5-15-31(25,26)19-10-6-17(29-2)7-11-19/h6-13H,4-5,14-16H2,1-3H3,(H,23,24). The van der Waals surface area contributed by atoms with Crippen molar-refractivity contribution < 1.29 is 36.2 Å². The zero-order chi connectivity index (χ0) is 24.0. The van der Waals surface area contributed by atoms with Gasteiger partial charge in [-0.25, -0.2) is 16.8 Å². The summed E-state index contributed by atoms with van der Waals surface area (Å²) >= 11 is 0. The van der Waals surface area contributed by atoms with Gasteiger partial charge in [0.2, 0.25) is 0 Å². The molecule has 2 aromatic rings. The molecule has 2 rings (SSSR count). The lowest BCUT2D eigenvalue weighted by Crippen LogP contribution is -2.38. The second-order valence-corrected chi connectivity index (χ2v) is 11.6. The summed E-state index contributed by atoms with van der Waals surface area (Å²) in [5, 5.41) is 9.87. The van der Waals surface area contributed by atoms with E-state index >= 15 is 0 Å². The number of carbonyl (C=O) groups is 1. The first-order valence-electron chi connectivity index (χ1n) is 9.97. The summed E-state index contributed by atoms with van der Waals surface area (Å²) in [5.41, 5.74) is -1.60. The molecule has 0 spiro atoms. The third-order valence-corrected chi connectivity index (χ3v) is 9.24. The quantitative estimate of drug-likeness (QED) is 0.487. The molecule has 0 aliphatic heterocycles. The molecule has 0 bridgehead atoms. The number of aliphatic carboxylic acids is 1. The monoisotopic (exact) mass is 484 g/mol. The van der Waals surface area contributed by atoms with Crippen LogP contribution in [0.15, 0.2) is 58.3 Å². The van der Waals surface area contributed by atoms with Crippen LogP contribution in [0.25, 0.3) is 0 Å². The highest BCUT2D eigenvalue weighted by Gasteiger charge is 2.41. The van der Waals surface area contributed by atoms with Crippen molar-refractivity contribution in [2.75, 3.05) is 25.7 Å². The Balaban J connectivity index is 2.18. The van der Waals surface area contributed by atoms with E-state index in [4.69, 9.17) is 9.47 Å². The number of benzene rings is 2. The third kappa shape index (κ3) is 6.01. The second kappa shape index (κ2) is 10.4. The predicted octanol–water partition coefficient (Wildman–Crippen LogP) is 3.21. The lowest BCUT2D eigenvalue weighted by molar-refractivity contribution is -0.148. The van der Waals surface area contributed by atoms with Gasteiger partial charge in [-0.15, -0.1) is 0 Å². The molecule has 1 N–H and O–H groups in total. The van der Waals surface area contributed by atoms with Crippen molar-refractivity contribution in [1.29, 1.82) is 0 Å². The third-order valence-electron chi connectivity index (χ3n) is 5.50. The first-order chi connectivity index (χ1) is 15.0. The first-order valence-corrected chi connectivity index (χ1v) is 13.3. The van der Waals surface area contributed by atoms with Gasteiger partial charge in [0.25, 0.3) is 0 Å². The van der Waals surface area contributed by atoms with Crippen LogP contribution in [0.5, 0.6) is 11.5 Å². The van der Waals surface area contributed by atoms with E-state index in [1.165, 1.54) is 62.8 Å². The van der Waals surface area contributed by atoms with Crippen molar-refractivity contribution in [3.8, 4) is 11.5 Å². The van der Waals surface area contributed by atoms with Crippen LogP contribution in [0.1, 0.15) is 26.2 Å². The van der Waals surface area contributed by atoms with E-state index < -0.39 is 36.8 Å². The summed E-state index contributed by atoms with van der Waals surface area (Å²) in [7, 11) is -4.66. The topological polar surface area (TPSA) is 124 Å². The molecule has 0 fully saturated rings. The van der Waals surface area contributed by atoms with Crippen molar-refractivity contribution in [2.45, 2.75) is 36.0 Å². The molecule has 2 aromatic carbocycles. The fourth-order valence-electron chi connectivity index (χ4n) is 3.40. The number of sulfone groups is 2. The Kier molecular flexibility index (Phi) is 8.30. The van der Waals surface area contributed by atoms with E-state index in [1.54, 1.807) is 6.92 Å². The van der Waals surface area contributed by atoms with E-state index in [0.717, 1.165) is 0 Å². The number of carboxylic acid groups (broad SMARTS) is 1. The second-order valence-electron chi connectivity index (χ2n) is 7.47. The van der Waals surface area contributed by atoms with Gasteiger partial charge >= 0.3 is 5.97 Å². The zero-order valence-corrected chi connectivity index (χ0v) is 19.9. The molecule has 10 heteroatoms. The van der Waals surface area contributed by atoms with Crippen molar-refractivity contribution in [1.82, 2.24) is 0 Å². The lowest BCUT2D eigenvalue weighted by atomic mass is 9.83. The van der Waals surface area contributed by atoms with Crippen LogP contribution in [0.2, 0.25) is 0 Å². The number of rotatable bonds is 12. The fourth-order valence-corrected chi connectivity index (χ4v) is 6.63. The maximum Gasteiger partial charge on any atom is 0.310 e. The summed E-state index contributed by atoms with van der Waals surface area (Å²) < 4.78 is 61.1. The van der Waals surface area contributed by atoms with Crippen LogP contribution in [0.3, 0.4) is 0 Å². The number of hydrogen-bond donors (Lipinski definition) is 1. The zero-order valence-electron chi connectivity index (χ0n) is 18.3. The van der Waals surface area contributed by atoms with Crippen LogP contribution in [-0.2, 0) is 24.5 Å². The van der Waals surface area contributed by atoms with Gasteiger partial charge in [-0.05, 0) is 67.8 Å². The van der Waals surface area contributed by atoms with Crippen LogP contribution in [0.4, 0.5) is 0 Å². The molecule has 0 saturated carbocycles. The lowest BCUT2D eigenvalue weighted by Gasteiger charge is -2.28. The maximum atomic E-state index is 12.9. The summed E-state index contributed by atoms with van der Waals surface area (Å²) in [6, 6.07) is 11.6. The molecule has 0 aromatic heterocycles. The highest BCUT2D eigenvalue weighted by atomic mass is 32.2. The van der Waals surface area contributed by atoms with E-state index in [-0.39, 0.29) is 34.8 Å². The Morgan fingerprint density at radius 1 is 0.844 bits per heavy atom. The van der Waals surface area contributed by atoms with Gasteiger partial charge in [0.15, 0.2) is 19.7 Å². The molecule has 1 unspecified atom stereocenters. The minimum Gasteiger partial charge on any atom is -0.497 e. The normalized spacial score (nSPS) is 13.8. The average molecular weight is 485 g/mol. The molecule has 1 atom stereocenters. The predicted molar refractivity (Wildman–Crippen MR) is 120 cm³/mol. The molecular weight excluding hydrogens is 456 g/mol. The summed E-state index contributed by atoms with van der Waals surface area (Å²) in [6.07, 6.45) is -0.0451. The Morgan fingerprint density at radius 3 is 1.66 bits per heavy atom. The Hall–Kier alpha value is -2.59. The number of hydrogen-bond acceptors (Lipinski definition) is 7. The molecule has 0 heterocycles. The maximum absolute atomic E-state index is 12.9. The number of methoxy groups -OCH3 is 2. The average Bonchev–Trinajstić information content (AvgIpc) is 2.78. The molecule has 32 heavy (non-hydrogen) atoms. The van der Waals surface area contributed by atoms with Crippen molar-refractivity contribution >= 4 is 25.6 Å². The van der Waals surface area contributed by atoms with Crippen LogP contribution >= 0.6 is 0 Å². The molecule has 0 aliphatic carbocycles. The molecule has 8 nitrogen and oxygen atoms in total. The van der Waals surface area contributed by atoms with Gasteiger partial charge < -0.3 is 14.6 Å². The van der Waals surface area contributed by atoms with E-state index in [1.807, 2.05) is 0 Å². The van der Waals surface area contributed by atoms with Crippen LogP contribution in [0, 0.1) is 5.41 Å². The minimum absolute atomic E-state index is 0.00658. The largest absolute Gasteiger partial charge is 0.497 e. The molecule has 0 saturated heterocycles. The van der Waals surface area contributed by atoms with Crippen molar-refractivity contribution in [3.63, 3.8) is 0 Å². The SMILES string of the molecule is CCC(CCCS(=O)(=O)c1ccc(OC)cc1)(CS(=O)(=O)c1ccc(OC)cc1)C(=O)O. The van der Waals surface area contributed by atoms with Gasteiger partial charge in [-0.2, -0.15) is 0 Å². The van der Waals surface area contributed by atoms with Crippen molar-refractivity contribution in [3.05, 3.63) is 48.5 Å². The van der Waals surface area contributed by atoms with Gasteiger partial charge in [0.05, 0.1) is 40.9 Å². The first kappa shape index (κ1) is 25.7. The number of ether oxygens (including phenoxy) is 2. The van der Waals surface area contributed by atoms with Crippen LogP contribution in [-0.4, -0.2) is 53.6 Å². The molecule has 176 valence electrons. The fraction of sp³-hybridized carbons (Fsp3) is 0.409. The Labute approximate surface area is 189 Å². The highest BCUT2D eigenvalue weighted by Crippen LogP contribution is 2.34. The highest BCUT2D eigenvalue weighted by molar-refractivity contribution is 7.91. The van der Waals surface area contributed by atoms with Crippen molar-refractivity contribution in [2.24, 2.45) is 5.41 Å². The van der Waals surface area contributed by atoms with E-state index in [2.05, 4.69) is 0 Å². The van der Waals surface area contributed by atoms with Gasteiger partial charge in [0, 0.05) is 0 Å². The summed E-state index contributed by atoms with van der Waals surface area (Å²) in [5.74, 6) is -1.19. The molecule has 0 aliphatic rings. The summed E-state index contributed by atoms with van der Waals surface area (Å²) in [4.78, 5) is 12.2.